The van der Waals surface area contributed by atoms with E-state index in [4.69, 9.17) is 37.4 Å². The van der Waals surface area contributed by atoms with Gasteiger partial charge in [-0.15, -0.1) is 0 Å². The number of nitrogens with zero attached hydrogens (tertiary/aromatic N) is 4. The normalized spacial score (nSPS) is 19.4. The van der Waals surface area contributed by atoms with Crippen LogP contribution in [0.1, 0.15) is 12.5 Å². The van der Waals surface area contributed by atoms with Crippen LogP contribution < -0.4 is 10.1 Å². The summed E-state index contributed by atoms with van der Waals surface area (Å²) in [5.41, 5.74) is 2.51. The van der Waals surface area contributed by atoms with E-state index < -0.39 is 5.79 Å². The SMILES string of the molecule is CCNc1nccc(-c2ccc(OC[C@@H]3CO[C@@](Cn4ccnc4)(c4ccc(Cl)cc4Cl)O3)cc2)n1. The van der Waals surface area contributed by atoms with E-state index in [1.807, 2.05) is 54.1 Å². The highest BCUT2D eigenvalue weighted by atomic mass is 35.5. The summed E-state index contributed by atoms with van der Waals surface area (Å²) >= 11 is 12.7. The monoisotopic (exact) mass is 525 g/mol. The van der Waals surface area contributed by atoms with Gasteiger partial charge < -0.3 is 24.1 Å². The van der Waals surface area contributed by atoms with E-state index in [1.54, 1.807) is 30.9 Å². The predicted molar refractivity (Wildman–Crippen MR) is 138 cm³/mol. The molecular formula is C26H25Cl2N5O3. The summed E-state index contributed by atoms with van der Waals surface area (Å²) < 4.78 is 20.6. The van der Waals surface area contributed by atoms with Crippen molar-refractivity contribution in [3.63, 3.8) is 0 Å². The van der Waals surface area contributed by atoms with Crippen LogP contribution in [0.5, 0.6) is 5.75 Å². The molecule has 1 N–H and O–H groups in total. The maximum Gasteiger partial charge on any atom is 0.223 e. The van der Waals surface area contributed by atoms with E-state index in [0.717, 1.165) is 23.6 Å². The van der Waals surface area contributed by atoms with Gasteiger partial charge in [0.2, 0.25) is 11.7 Å². The van der Waals surface area contributed by atoms with Crippen molar-refractivity contribution in [3.05, 3.63) is 89.1 Å². The summed E-state index contributed by atoms with van der Waals surface area (Å²) in [5, 5.41) is 4.14. The first-order valence-corrected chi connectivity index (χ1v) is 12.3. The first-order valence-electron chi connectivity index (χ1n) is 11.6. The Bertz CT molecular complexity index is 1300. The van der Waals surface area contributed by atoms with Gasteiger partial charge in [0.05, 0.1) is 30.2 Å². The fourth-order valence-corrected chi connectivity index (χ4v) is 4.60. The third-order valence-electron chi connectivity index (χ3n) is 5.73. The lowest BCUT2D eigenvalue weighted by molar-refractivity contribution is -0.189. The molecule has 10 heteroatoms. The zero-order chi connectivity index (χ0) is 25.0. The first-order chi connectivity index (χ1) is 17.5. The first kappa shape index (κ1) is 24.5. The van der Waals surface area contributed by atoms with E-state index in [-0.39, 0.29) is 6.10 Å². The molecule has 1 fully saturated rings. The fraction of sp³-hybridized carbons (Fsp3) is 0.269. The smallest absolute Gasteiger partial charge is 0.223 e. The van der Waals surface area contributed by atoms with Crippen molar-refractivity contribution in [2.45, 2.75) is 25.4 Å². The van der Waals surface area contributed by atoms with Gasteiger partial charge in [-0.2, -0.15) is 0 Å². The van der Waals surface area contributed by atoms with Gasteiger partial charge in [-0.1, -0.05) is 29.3 Å². The highest BCUT2D eigenvalue weighted by Gasteiger charge is 2.45. The van der Waals surface area contributed by atoms with Gasteiger partial charge in [0.1, 0.15) is 18.5 Å². The number of ether oxygens (including phenoxy) is 3. The standard InChI is InChI=1S/C26H25Cl2N5O3/c1-2-30-25-31-10-9-24(32-25)18-3-6-20(7-4-18)34-14-21-15-35-26(36-21,16-33-12-11-29-17-33)22-8-5-19(27)13-23(22)28/h3-13,17,21H,2,14-16H2,1H3,(H,30,31,32)/t21-,26-/m1/s1. The molecule has 36 heavy (non-hydrogen) atoms. The minimum Gasteiger partial charge on any atom is -0.491 e. The average molecular weight is 526 g/mol. The van der Waals surface area contributed by atoms with Gasteiger partial charge in [-0.05, 0) is 49.4 Å². The van der Waals surface area contributed by atoms with Crippen molar-refractivity contribution in [1.29, 1.82) is 0 Å². The van der Waals surface area contributed by atoms with Gasteiger partial charge in [0.15, 0.2) is 0 Å². The highest BCUT2D eigenvalue weighted by Crippen LogP contribution is 2.40. The number of nitrogens with one attached hydrogen (secondary N) is 1. The van der Waals surface area contributed by atoms with Gasteiger partial charge in [0.25, 0.3) is 0 Å². The Hall–Kier alpha value is -3.17. The molecule has 2 aromatic heterocycles. The van der Waals surface area contributed by atoms with E-state index in [2.05, 4.69) is 20.3 Å². The van der Waals surface area contributed by atoms with Gasteiger partial charge in [-0.25, -0.2) is 15.0 Å². The van der Waals surface area contributed by atoms with Crippen LogP contribution in [-0.4, -0.2) is 45.4 Å². The summed E-state index contributed by atoms with van der Waals surface area (Å²) in [6.45, 7) is 3.81. The number of benzene rings is 2. The van der Waals surface area contributed by atoms with Crippen molar-refractivity contribution < 1.29 is 14.2 Å². The molecule has 0 amide bonds. The average Bonchev–Trinajstić information content (AvgIpc) is 3.54. The lowest BCUT2D eigenvalue weighted by Crippen LogP contribution is -2.34. The molecule has 2 atom stereocenters. The molecule has 0 unspecified atom stereocenters. The summed E-state index contributed by atoms with van der Waals surface area (Å²) in [5.74, 6) is 0.242. The Morgan fingerprint density at radius 1 is 1.14 bits per heavy atom. The van der Waals surface area contributed by atoms with Crippen molar-refractivity contribution in [3.8, 4) is 17.0 Å². The Kier molecular flexibility index (Phi) is 7.38. The van der Waals surface area contributed by atoms with Crippen LogP contribution in [0, 0.1) is 0 Å². The quantitative estimate of drug-likeness (QED) is 0.312. The lowest BCUT2D eigenvalue weighted by Gasteiger charge is -2.30. The Balaban J connectivity index is 1.27. The van der Waals surface area contributed by atoms with Crippen LogP contribution in [0.25, 0.3) is 11.3 Å². The molecule has 186 valence electrons. The molecule has 0 aliphatic carbocycles. The van der Waals surface area contributed by atoms with Crippen LogP contribution in [0.4, 0.5) is 5.95 Å². The summed E-state index contributed by atoms with van der Waals surface area (Å²) in [4.78, 5) is 12.9. The van der Waals surface area contributed by atoms with Gasteiger partial charge >= 0.3 is 0 Å². The van der Waals surface area contributed by atoms with Crippen LogP contribution >= 0.6 is 23.2 Å². The van der Waals surface area contributed by atoms with Crippen LogP contribution in [0.2, 0.25) is 10.0 Å². The molecular weight excluding hydrogens is 501 g/mol. The maximum absolute atomic E-state index is 6.54. The maximum atomic E-state index is 6.54. The van der Waals surface area contributed by atoms with Gasteiger partial charge in [0, 0.05) is 41.3 Å². The van der Waals surface area contributed by atoms with Crippen LogP contribution in [-0.2, 0) is 21.8 Å². The van der Waals surface area contributed by atoms with Crippen LogP contribution in [0.3, 0.4) is 0 Å². The summed E-state index contributed by atoms with van der Waals surface area (Å²) in [7, 11) is 0. The number of hydrogen-bond donors (Lipinski definition) is 1. The molecule has 0 radical (unpaired) electrons. The third kappa shape index (κ3) is 5.47. The van der Waals surface area contributed by atoms with Crippen molar-refractivity contribution >= 4 is 29.2 Å². The van der Waals surface area contributed by atoms with Crippen molar-refractivity contribution in [2.75, 3.05) is 25.1 Å². The second-order valence-electron chi connectivity index (χ2n) is 8.29. The lowest BCUT2D eigenvalue weighted by atomic mass is 10.1. The molecule has 2 aromatic carbocycles. The molecule has 8 nitrogen and oxygen atoms in total. The molecule has 1 saturated heterocycles. The molecule has 0 spiro atoms. The van der Waals surface area contributed by atoms with E-state index in [0.29, 0.717) is 41.3 Å². The minimum absolute atomic E-state index is 0.301. The Morgan fingerprint density at radius 2 is 2.00 bits per heavy atom. The minimum atomic E-state index is -1.09. The fourth-order valence-electron chi connectivity index (χ4n) is 4.05. The topological polar surface area (TPSA) is 83.3 Å². The number of rotatable bonds is 9. The second-order valence-corrected chi connectivity index (χ2v) is 9.14. The van der Waals surface area contributed by atoms with E-state index in [9.17, 15) is 0 Å². The number of anilines is 1. The number of imidazole rings is 1. The Morgan fingerprint density at radius 3 is 2.75 bits per heavy atom. The van der Waals surface area contributed by atoms with Crippen LogP contribution in [0.15, 0.2) is 73.4 Å². The number of aromatic nitrogens is 4. The molecule has 3 heterocycles. The largest absolute Gasteiger partial charge is 0.491 e. The zero-order valence-corrected chi connectivity index (χ0v) is 21.1. The van der Waals surface area contributed by atoms with Gasteiger partial charge in [-0.3, -0.25) is 0 Å². The van der Waals surface area contributed by atoms with E-state index >= 15 is 0 Å². The molecule has 5 rings (SSSR count). The zero-order valence-electron chi connectivity index (χ0n) is 19.6. The summed E-state index contributed by atoms with van der Waals surface area (Å²) in [6.07, 6.45) is 6.71. The van der Waals surface area contributed by atoms with Crippen molar-refractivity contribution in [1.82, 2.24) is 19.5 Å². The highest BCUT2D eigenvalue weighted by molar-refractivity contribution is 6.35. The summed E-state index contributed by atoms with van der Waals surface area (Å²) in [6, 6.07) is 14.9. The second kappa shape index (κ2) is 10.8. The van der Waals surface area contributed by atoms with E-state index in [1.165, 1.54) is 0 Å². The molecule has 0 saturated carbocycles. The molecule has 1 aliphatic heterocycles. The molecule has 4 aromatic rings. The molecule has 1 aliphatic rings. The number of halogens is 2. The third-order valence-corrected chi connectivity index (χ3v) is 6.28. The number of hydrogen-bond acceptors (Lipinski definition) is 7. The molecule has 0 bridgehead atoms. The Labute approximate surface area is 219 Å². The van der Waals surface area contributed by atoms with Crippen molar-refractivity contribution in [2.24, 2.45) is 0 Å². The predicted octanol–water partition coefficient (Wildman–Crippen LogP) is 5.43.